The van der Waals surface area contributed by atoms with Crippen molar-refractivity contribution in [2.75, 3.05) is 46.3 Å². The van der Waals surface area contributed by atoms with E-state index in [1.165, 1.54) is 37.7 Å². The molecule has 2 aliphatic heterocycles. The van der Waals surface area contributed by atoms with Crippen molar-refractivity contribution in [2.45, 2.75) is 68.2 Å². The Kier molecular flexibility index (Phi) is 6.94. The molecular weight excluding hydrogens is 382 g/mol. The van der Waals surface area contributed by atoms with Crippen molar-refractivity contribution in [1.82, 2.24) is 14.1 Å². The number of piperazine rings is 1. The molecule has 0 bridgehead atoms. The zero-order valence-corrected chi connectivity index (χ0v) is 18.7. The number of likely N-dealkylation sites (N-methyl/N-ethyl adjacent to an activating group) is 1. The molecule has 0 radical (unpaired) electrons. The van der Waals surface area contributed by atoms with Gasteiger partial charge in [0.25, 0.3) is 0 Å². The molecule has 6 heteroatoms. The largest absolute Gasteiger partial charge is 0.304 e. The lowest BCUT2D eigenvalue weighted by Crippen LogP contribution is -2.52. The lowest BCUT2D eigenvalue weighted by atomic mass is 9.84. The Balaban J connectivity index is 1.46. The lowest BCUT2D eigenvalue weighted by Gasteiger charge is -2.38. The molecule has 29 heavy (non-hydrogen) atoms. The lowest BCUT2D eigenvalue weighted by molar-refractivity contribution is 0.100. The van der Waals surface area contributed by atoms with E-state index in [-0.39, 0.29) is 0 Å². The fraction of sp³-hybridized carbons (Fsp3) is 0.739. The van der Waals surface area contributed by atoms with Crippen molar-refractivity contribution < 1.29 is 8.42 Å². The van der Waals surface area contributed by atoms with Gasteiger partial charge >= 0.3 is 0 Å². The molecule has 0 amide bonds. The third kappa shape index (κ3) is 5.04. The maximum atomic E-state index is 13.4. The van der Waals surface area contributed by atoms with E-state index in [2.05, 4.69) is 29.0 Å². The maximum Gasteiger partial charge on any atom is 0.243 e. The minimum atomic E-state index is -3.42. The van der Waals surface area contributed by atoms with Gasteiger partial charge in [0, 0.05) is 45.3 Å². The Morgan fingerprint density at radius 2 is 1.45 bits per heavy atom. The Labute approximate surface area is 177 Å². The van der Waals surface area contributed by atoms with Gasteiger partial charge in [-0.3, -0.25) is 4.90 Å². The van der Waals surface area contributed by atoms with Crippen molar-refractivity contribution in [3.63, 3.8) is 0 Å². The molecule has 4 rings (SSSR count). The van der Waals surface area contributed by atoms with Crippen LogP contribution in [0.1, 0.15) is 62.8 Å². The summed E-state index contributed by atoms with van der Waals surface area (Å²) < 4.78 is 28.6. The van der Waals surface area contributed by atoms with E-state index in [1.54, 1.807) is 4.31 Å². The van der Waals surface area contributed by atoms with Crippen molar-refractivity contribution in [3.8, 4) is 0 Å². The average Bonchev–Trinajstić information content (AvgIpc) is 3.02. The molecule has 0 unspecified atom stereocenters. The van der Waals surface area contributed by atoms with E-state index in [4.69, 9.17) is 0 Å². The number of hydrogen-bond donors (Lipinski definition) is 0. The Bertz CT molecular complexity index is 751. The molecule has 1 aromatic carbocycles. The quantitative estimate of drug-likeness (QED) is 0.749. The van der Waals surface area contributed by atoms with Crippen LogP contribution >= 0.6 is 0 Å². The monoisotopic (exact) mass is 419 g/mol. The van der Waals surface area contributed by atoms with E-state index < -0.39 is 10.0 Å². The predicted molar refractivity (Wildman–Crippen MR) is 118 cm³/mol. The standard InChI is InChI=1S/C23H37N3O2S/c1-24-15-17-25(18-16-24)22-9-5-6-14-26(19-22)29(27,28)23-12-10-21(11-13-23)20-7-3-2-4-8-20/h10-13,20,22H,2-9,14-19H2,1H3/t22-/m0/s1. The van der Waals surface area contributed by atoms with Crippen LogP contribution in [0.2, 0.25) is 0 Å². The van der Waals surface area contributed by atoms with Crippen LogP contribution in [0.15, 0.2) is 29.2 Å². The summed E-state index contributed by atoms with van der Waals surface area (Å²) in [6.45, 7) is 5.53. The van der Waals surface area contributed by atoms with Gasteiger partial charge in [-0.15, -0.1) is 0 Å². The molecule has 2 saturated heterocycles. The third-order valence-electron chi connectivity index (χ3n) is 7.26. The summed E-state index contributed by atoms with van der Waals surface area (Å²) in [4.78, 5) is 5.34. The molecule has 5 nitrogen and oxygen atoms in total. The van der Waals surface area contributed by atoms with E-state index in [0.717, 1.165) is 45.4 Å². The van der Waals surface area contributed by atoms with Crippen LogP contribution in [-0.2, 0) is 10.0 Å². The van der Waals surface area contributed by atoms with Crippen LogP contribution in [0, 0.1) is 0 Å². The molecular formula is C23H37N3O2S. The Morgan fingerprint density at radius 1 is 0.793 bits per heavy atom. The van der Waals surface area contributed by atoms with Crippen LogP contribution in [0.4, 0.5) is 0 Å². The summed E-state index contributed by atoms with van der Waals surface area (Å²) in [6, 6.07) is 8.20. The van der Waals surface area contributed by atoms with Gasteiger partial charge in [-0.1, -0.05) is 37.8 Å². The summed E-state index contributed by atoms with van der Waals surface area (Å²) in [7, 11) is -1.25. The summed E-state index contributed by atoms with van der Waals surface area (Å²) in [5.74, 6) is 0.611. The molecule has 0 aromatic heterocycles. The average molecular weight is 420 g/mol. The van der Waals surface area contributed by atoms with Gasteiger partial charge < -0.3 is 4.90 Å². The summed E-state index contributed by atoms with van der Waals surface area (Å²) >= 11 is 0. The number of rotatable bonds is 4. The van der Waals surface area contributed by atoms with Crippen molar-refractivity contribution in [3.05, 3.63) is 29.8 Å². The zero-order chi connectivity index (χ0) is 20.3. The van der Waals surface area contributed by atoms with Gasteiger partial charge in [-0.05, 0) is 56.3 Å². The van der Waals surface area contributed by atoms with E-state index in [9.17, 15) is 8.42 Å². The van der Waals surface area contributed by atoms with Gasteiger partial charge in [0.1, 0.15) is 0 Å². The molecule has 1 aliphatic carbocycles. The second kappa shape index (κ2) is 9.46. The van der Waals surface area contributed by atoms with Gasteiger partial charge in [0.15, 0.2) is 0 Å². The highest BCUT2D eigenvalue weighted by atomic mass is 32.2. The second-order valence-corrected chi connectivity index (χ2v) is 11.2. The van der Waals surface area contributed by atoms with Crippen molar-refractivity contribution in [2.24, 2.45) is 0 Å². The minimum absolute atomic E-state index is 0.350. The highest BCUT2D eigenvalue weighted by Crippen LogP contribution is 2.33. The number of sulfonamides is 1. The molecule has 0 N–H and O–H groups in total. The molecule has 3 aliphatic rings. The first kappa shape index (κ1) is 21.3. The van der Waals surface area contributed by atoms with Crippen molar-refractivity contribution in [1.29, 1.82) is 0 Å². The first-order valence-corrected chi connectivity index (χ1v) is 13.0. The molecule has 2 heterocycles. The third-order valence-corrected chi connectivity index (χ3v) is 9.14. The SMILES string of the molecule is CN1CCN([C@H]2CCCCN(S(=O)(=O)c3ccc(C4CCCCC4)cc3)C2)CC1. The van der Waals surface area contributed by atoms with Crippen LogP contribution in [0.25, 0.3) is 0 Å². The van der Waals surface area contributed by atoms with Gasteiger partial charge in [0.05, 0.1) is 4.90 Å². The van der Waals surface area contributed by atoms with Gasteiger partial charge in [0.2, 0.25) is 10.0 Å². The van der Waals surface area contributed by atoms with Crippen LogP contribution in [0.3, 0.4) is 0 Å². The molecule has 3 fully saturated rings. The Morgan fingerprint density at radius 3 is 2.14 bits per heavy atom. The summed E-state index contributed by atoms with van der Waals surface area (Å²) in [5.41, 5.74) is 1.31. The van der Waals surface area contributed by atoms with Crippen LogP contribution in [-0.4, -0.2) is 74.9 Å². The van der Waals surface area contributed by atoms with Gasteiger partial charge in [-0.2, -0.15) is 4.31 Å². The predicted octanol–water partition coefficient (Wildman–Crippen LogP) is 3.52. The highest BCUT2D eigenvalue weighted by Gasteiger charge is 2.32. The zero-order valence-electron chi connectivity index (χ0n) is 17.9. The number of benzene rings is 1. The first-order chi connectivity index (χ1) is 14.0. The minimum Gasteiger partial charge on any atom is -0.304 e. The maximum absolute atomic E-state index is 13.4. The fourth-order valence-corrected chi connectivity index (χ4v) is 6.80. The smallest absolute Gasteiger partial charge is 0.243 e. The van der Waals surface area contributed by atoms with Crippen LogP contribution < -0.4 is 0 Å². The summed E-state index contributed by atoms with van der Waals surface area (Å²) in [6.07, 6.45) is 9.60. The van der Waals surface area contributed by atoms with Gasteiger partial charge in [-0.25, -0.2) is 8.42 Å². The highest BCUT2D eigenvalue weighted by molar-refractivity contribution is 7.89. The first-order valence-electron chi connectivity index (χ1n) is 11.6. The Hall–Kier alpha value is -0.950. The number of nitrogens with zero attached hydrogens (tertiary/aromatic N) is 3. The summed E-state index contributed by atoms with van der Waals surface area (Å²) in [5, 5.41) is 0. The van der Waals surface area contributed by atoms with Crippen molar-refractivity contribution >= 4 is 10.0 Å². The van der Waals surface area contributed by atoms with E-state index in [1.807, 2.05) is 12.1 Å². The normalized spacial score (nSPS) is 27.0. The molecule has 1 aromatic rings. The number of hydrogen-bond acceptors (Lipinski definition) is 4. The fourth-order valence-electron chi connectivity index (χ4n) is 5.29. The second-order valence-electron chi connectivity index (χ2n) is 9.26. The molecule has 1 saturated carbocycles. The topological polar surface area (TPSA) is 43.9 Å². The molecule has 0 spiro atoms. The van der Waals surface area contributed by atoms with Crippen LogP contribution in [0.5, 0.6) is 0 Å². The van der Waals surface area contributed by atoms with E-state index in [0.29, 0.717) is 29.9 Å². The molecule has 162 valence electrons. The molecule has 1 atom stereocenters. The van der Waals surface area contributed by atoms with E-state index >= 15 is 0 Å².